The zero-order valence-corrected chi connectivity index (χ0v) is 21.1. The van der Waals surface area contributed by atoms with Crippen molar-refractivity contribution in [2.75, 3.05) is 50.4 Å². The summed E-state index contributed by atoms with van der Waals surface area (Å²) in [7, 11) is 1.79. The quantitative estimate of drug-likeness (QED) is 0.515. The third-order valence-electron chi connectivity index (χ3n) is 7.31. The van der Waals surface area contributed by atoms with Crippen molar-refractivity contribution in [3.05, 3.63) is 41.3 Å². The molecule has 2 fully saturated rings. The molecular formula is C26H30ClN7O2. The van der Waals surface area contributed by atoms with Crippen LogP contribution in [0.25, 0.3) is 22.0 Å². The monoisotopic (exact) mass is 507 g/mol. The molecule has 6 rings (SSSR count). The van der Waals surface area contributed by atoms with Gasteiger partial charge in [-0.25, -0.2) is 20.0 Å². The van der Waals surface area contributed by atoms with Crippen LogP contribution < -0.4 is 10.3 Å². The van der Waals surface area contributed by atoms with Crippen LogP contribution in [0.2, 0.25) is 5.15 Å². The minimum Gasteiger partial charge on any atom is -0.381 e. The fourth-order valence-electron chi connectivity index (χ4n) is 5.27. The smallest absolute Gasteiger partial charge is 0.223 e. The summed E-state index contributed by atoms with van der Waals surface area (Å²) in [5.41, 5.74) is 4.96. The van der Waals surface area contributed by atoms with Crippen LogP contribution in [-0.4, -0.2) is 78.4 Å². The Balaban J connectivity index is 1.34. The topological polar surface area (TPSA) is 88.0 Å². The Bertz CT molecular complexity index is 1270. The fraction of sp³-hybridized carbons (Fsp3) is 0.462. The summed E-state index contributed by atoms with van der Waals surface area (Å²) in [5, 5.41) is 9.23. The lowest BCUT2D eigenvalue weighted by molar-refractivity contribution is 0.0318. The average molecular weight is 508 g/mol. The predicted octanol–water partition coefficient (Wildman–Crippen LogP) is 4.16. The first kappa shape index (κ1) is 23.5. The molecular weight excluding hydrogens is 478 g/mol. The number of nitrogens with one attached hydrogen (secondary N) is 1. The molecule has 2 aromatic heterocycles. The summed E-state index contributed by atoms with van der Waals surface area (Å²) in [4.78, 5) is 18.5. The SMILES string of the molecule is COC1CCC(Nc2ncc3c(Cl)ncc(-c4ccc5c(c4)N(N4CCOCC4)CN=C5)c3n2)CC1. The van der Waals surface area contributed by atoms with Crippen molar-refractivity contribution in [1.82, 2.24) is 20.0 Å². The van der Waals surface area contributed by atoms with Crippen LogP contribution in [0, 0.1) is 0 Å². The second-order valence-corrected chi connectivity index (χ2v) is 9.82. The van der Waals surface area contributed by atoms with Gasteiger partial charge in [0.25, 0.3) is 0 Å². The van der Waals surface area contributed by atoms with Crippen LogP contribution in [0.5, 0.6) is 0 Å². The zero-order chi connectivity index (χ0) is 24.5. The molecule has 188 valence electrons. The Hall–Kier alpha value is -2.85. The van der Waals surface area contributed by atoms with Crippen molar-refractivity contribution in [3.63, 3.8) is 0 Å². The number of fused-ring (bicyclic) bond motifs is 2. The molecule has 0 bridgehead atoms. The molecule has 0 amide bonds. The molecule has 4 heterocycles. The van der Waals surface area contributed by atoms with E-state index in [1.165, 1.54) is 0 Å². The zero-order valence-electron chi connectivity index (χ0n) is 20.4. The van der Waals surface area contributed by atoms with Gasteiger partial charge < -0.3 is 14.8 Å². The number of nitrogens with zero attached hydrogens (tertiary/aromatic N) is 6. The number of aromatic nitrogens is 3. The Morgan fingerprint density at radius 3 is 2.72 bits per heavy atom. The number of aliphatic imine (C=N–C) groups is 1. The van der Waals surface area contributed by atoms with Crippen LogP contribution in [0.1, 0.15) is 31.2 Å². The van der Waals surface area contributed by atoms with Crippen molar-refractivity contribution >= 4 is 40.4 Å². The molecule has 1 aromatic carbocycles. The number of hydrazine groups is 1. The van der Waals surface area contributed by atoms with Crippen molar-refractivity contribution in [2.45, 2.75) is 37.8 Å². The number of pyridine rings is 1. The van der Waals surface area contributed by atoms with E-state index in [0.717, 1.165) is 85.3 Å². The largest absolute Gasteiger partial charge is 0.381 e. The molecule has 10 heteroatoms. The number of hydrogen-bond donors (Lipinski definition) is 1. The lowest BCUT2D eigenvalue weighted by Gasteiger charge is -2.39. The summed E-state index contributed by atoms with van der Waals surface area (Å²) in [6.45, 7) is 3.73. The van der Waals surface area contributed by atoms with Gasteiger partial charge in [-0.2, -0.15) is 0 Å². The molecule has 36 heavy (non-hydrogen) atoms. The highest BCUT2D eigenvalue weighted by Gasteiger charge is 2.25. The van der Waals surface area contributed by atoms with E-state index >= 15 is 0 Å². The van der Waals surface area contributed by atoms with Crippen LogP contribution in [0.15, 0.2) is 35.6 Å². The van der Waals surface area contributed by atoms with Gasteiger partial charge in [0.15, 0.2) is 0 Å². The van der Waals surface area contributed by atoms with Crippen LogP contribution in [0.3, 0.4) is 0 Å². The molecule has 0 spiro atoms. The lowest BCUT2D eigenvalue weighted by atomic mass is 9.93. The first-order chi connectivity index (χ1) is 17.7. The minimum atomic E-state index is 0.333. The maximum atomic E-state index is 6.46. The highest BCUT2D eigenvalue weighted by Crippen LogP contribution is 2.35. The molecule has 0 unspecified atom stereocenters. The van der Waals surface area contributed by atoms with Gasteiger partial charge in [-0.1, -0.05) is 23.7 Å². The van der Waals surface area contributed by atoms with Gasteiger partial charge in [-0.15, -0.1) is 0 Å². The summed E-state index contributed by atoms with van der Waals surface area (Å²) in [6, 6.07) is 6.73. The molecule has 0 atom stereocenters. The number of benzene rings is 1. The van der Waals surface area contributed by atoms with Gasteiger partial charge >= 0.3 is 0 Å². The van der Waals surface area contributed by atoms with Crippen LogP contribution >= 0.6 is 11.6 Å². The molecule has 3 aromatic rings. The molecule has 0 radical (unpaired) electrons. The van der Waals surface area contributed by atoms with Gasteiger partial charge in [-0.3, -0.25) is 10.0 Å². The van der Waals surface area contributed by atoms with Crippen molar-refractivity contribution < 1.29 is 9.47 Å². The normalized spacial score (nSPS) is 22.6. The van der Waals surface area contributed by atoms with Crippen molar-refractivity contribution in [3.8, 4) is 11.1 Å². The Morgan fingerprint density at radius 1 is 1.08 bits per heavy atom. The highest BCUT2D eigenvalue weighted by atomic mass is 35.5. The number of ether oxygens (including phenoxy) is 2. The maximum absolute atomic E-state index is 6.46. The van der Waals surface area contributed by atoms with E-state index in [1.54, 1.807) is 13.3 Å². The Labute approximate surface area is 215 Å². The molecule has 1 saturated carbocycles. The molecule has 1 N–H and O–H groups in total. The van der Waals surface area contributed by atoms with E-state index in [0.29, 0.717) is 29.9 Å². The third kappa shape index (κ3) is 4.64. The number of anilines is 2. The molecule has 3 aliphatic rings. The first-order valence-electron chi connectivity index (χ1n) is 12.5. The Kier molecular flexibility index (Phi) is 6.71. The standard InChI is InChI=1S/C26H30ClN7O2/c1-35-20-6-4-19(5-7-20)31-26-30-15-22-24(32-26)21(14-29-25(22)27)17-2-3-18-13-28-16-34(23(18)12-17)33-8-10-36-11-9-33/h2-3,12-15,19-20H,4-11,16H2,1H3,(H,30,31,32). The number of morpholine rings is 1. The number of rotatable bonds is 5. The van der Waals surface area contributed by atoms with E-state index in [2.05, 4.69) is 48.5 Å². The second-order valence-electron chi connectivity index (χ2n) is 9.46. The number of methoxy groups -OCH3 is 1. The molecule has 2 aliphatic heterocycles. The summed E-state index contributed by atoms with van der Waals surface area (Å²) >= 11 is 6.46. The van der Waals surface area contributed by atoms with E-state index < -0.39 is 0 Å². The lowest BCUT2D eigenvalue weighted by Crippen LogP contribution is -2.50. The average Bonchev–Trinajstić information content (AvgIpc) is 2.93. The summed E-state index contributed by atoms with van der Waals surface area (Å²) in [6.07, 6.45) is 10.0. The fourth-order valence-corrected chi connectivity index (χ4v) is 5.46. The maximum Gasteiger partial charge on any atom is 0.223 e. The predicted molar refractivity (Wildman–Crippen MR) is 142 cm³/mol. The van der Waals surface area contributed by atoms with Crippen molar-refractivity contribution in [1.29, 1.82) is 0 Å². The van der Waals surface area contributed by atoms with Gasteiger partial charge in [-0.05, 0) is 37.3 Å². The van der Waals surface area contributed by atoms with Gasteiger partial charge in [0.05, 0.1) is 35.9 Å². The van der Waals surface area contributed by atoms with E-state index in [-0.39, 0.29) is 0 Å². The Morgan fingerprint density at radius 2 is 1.92 bits per heavy atom. The van der Waals surface area contributed by atoms with E-state index in [9.17, 15) is 0 Å². The summed E-state index contributed by atoms with van der Waals surface area (Å²) in [5.74, 6) is 0.618. The van der Waals surface area contributed by atoms with E-state index in [1.807, 2.05) is 12.4 Å². The van der Waals surface area contributed by atoms with E-state index in [4.69, 9.17) is 26.1 Å². The highest BCUT2D eigenvalue weighted by molar-refractivity contribution is 6.34. The van der Waals surface area contributed by atoms with Crippen LogP contribution in [-0.2, 0) is 9.47 Å². The molecule has 9 nitrogen and oxygen atoms in total. The molecule has 1 aliphatic carbocycles. The van der Waals surface area contributed by atoms with Gasteiger partial charge in [0.2, 0.25) is 5.95 Å². The van der Waals surface area contributed by atoms with Gasteiger partial charge in [0.1, 0.15) is 11.8 Å². The number of hydrogen-bond acceptors (Lipinski definition) is 9. The summed E-state index contributed by atoms with van der Waals surface area (Å²) < 4.78 is 11.1. The second kappa shape index (κ2) is 10.3. The third-order valence-corrected chi connectivity index (χ3v) is 7.61. The number of halogens is 1. The van der Waals surface area contributed by atoms with Crippen LogP contribution in [0.4, 0.5) is 11.6 Å². The first-order valence-corrected chi connectivity index (χ1v) is 12.9. The van der Waals surface area contributed by atoms with Crippen molar-refractivity contribution in [2.24, 2.45) is 4.99 Å². The minimum absolute atomic E-state index is 0.333. The molecule has 1 saturated heterocycles. The van der Waals surface area contributed by atoms with Gasteiger partial charge in [0, 0.05) is 56.0 Å².